The number of methoxy groups -OCH3 is 1. The lowest BCUT2D eigenvalue weighted by atomic mass is 10.4. The molecule has 0 amide bonds. The summed E-state index contributed by atoms with van der Waals surface area (Å²) in [5, 5.41) is 10.0. The van der Waals surface area contributed by atoms with E-state index < -0.39 is 11.4 Å². The average Bonchev–Trinajstić information content (AvgIpc) is 2.16. The lowest BCUT2D eigenvalue weighted by Gasteiger charge is -2.03. The van der Waals surface area contributed by atoms with Crippen LogP contribution in [0.3, 0.4) is 0 Å². The molecule has 0 spiro atoms. The van der Waals surface area contributed by atoms with Crippen LogP contribution in [0.1, 0.15) is 11.5 Å². The monoisotopic (exact) mass is 195 g/mol. The van der Waals surface area contributed by atoms with Crippen molar-refractivity contribution in [2.45, 2.75) is 6.92 Å². The number of H-pyrrole nitrogens is 1. The Kier molecular flexibility index (Phi) is 2.70. The first-order valence-electron chi connectivity index (χ1n) is 3.71. The summed E-state index contributed by atoms with van der Waals surface area (Å²) in [6.45, 7) is 1.58. The maximum Gasteiger partial charge on any atom is 0.293 e. The van der Waals surface area contributed by atoms with E-state index in [9.17, 15) is 4.79 Å². The van der Waals surface area contributed by atoms with E-state index in [1.54, 1.807) is 6.92 Å². The number of aryl methyl sites for hydroxylation is 1. The maximum absolute atomic E-state index is 11.3. The second kappa shape index (κ2) is 3.77. The molecule has 1 rings (SSSR count). The second-order valence-corrected chi connectivity index (χ2v) is 2.49. The number of aromatic amines is 1. The van der Waals surface area contributed by atoms with Crippen LogP contribution in [-0.2, 0) is 0 Å². The lowest BCUT2D eigenvalue weighted by molar-refractivity contribution is 0.402. The Labute approximate surface area is 79.2 Å². The van der Waals surface area contributed by atoms with Gasteiger partial charge in [0.2, 0.25) is 11.6 Å². The zero-order valence-corrected chi connectivity index (χ0v) is 7.71. The van der Waals surface area contributed by atoms with Crippen molar-refractivity contribution < 1.29 is 4.74 Å². The van der Waals surface area contributed by atoms with E-state index in [-0.39, 0.29) is 11.6 Å². The predicted octanol–water partition coefficient (Wildman–Crippen LogP) is 0.443. The Morgan fingerprint density at radius 3 is 2.71 bits per heavy atom. The molecule has 1 aromatic heterocycles. The zero-order chi connectivity index (χ0) is 10.7. The van der Waals surface area contributed by atoms with Crippen molar-refractivity contribution in [3.05, 3.63) is 21.9 Å². The molecule has 0 atom stereocenters. The van der Waals surface area contributed by atoms with E-state index >= 15 is 0 Å². The van der Waals surface area contributed by atoms with Gasteiger partial charge in [-0.05, 0) is 6.92 Å². The number of amidine groups is 1. The third kappa shape index (κ3) is 1.65. The Hall–Kier alpha value is -2.05. The van der Waals surface area contributed by atoms with Gasteiger partial charge < -0.3 is 9.72 Å². The molecule has 7 heteroatoms. The number of hydrogen-bond donors (Lipinski definition) is 3. The van der Waals surface area contributed by atoms with E-state index in [0.717, 1.165) is 0 Å². The fourth-order valence-corrected chi connectivity index (χ4v) is 0.981. The Morgan fingerprint density at radius 1 is 1.64 bits per heavy atom. The van der Waals surface area contributed by atoms with Crippen molar-refractivity contribution in [3.8, 4) is 5.75 Å². The van der Waals surface area contributed by atoms with Gasteiger partial charge in [-0.2, -0.15) is 0 Å². The van der Waals surface area contributed by atoms with Crippen molar-refractivity contribution in [1.82, 2.24) is 9.97 Å². The molecule has 0 saturated heterocycles. The van der Waals surface area contributed by atoms with Crippen LogP contribution >= 0.6 is 0 Å². The normalized spacial score (nSPS) is 9.57. The highest BCUT2D eigenvalue weighted by molar-refractivity contribution is 5.92. The molecule has 0 unspecified atom stereocenters. The summed E-state index contributed by atoms with van der Waals surface area (Å²) in [5.74, 6) is -0.331. The van der Waals surface area contributed by atoms with Crippen LogP contribution in [0.2, 0.25) is 0 Å². The molecule has 0 aliphatic carbocycles. The summed E-state index contributed by atoms with van der Waals surface area (Å²) in [4.78, 5) is 17.4. The van der Waals surface area contributed by atoms with Crippen LogP contribution in [-0.4, -0.2) is 22.9 Å². The van der Waals surface area contributed by atoms with Crippen LogP contribution in [0.25, 0.3) is 0 Å². The molecule has 0 saturated carbocycles. The summed E-state index contributed by atoms with van der Waals surface area (Å²) in [7, 11) is 1.36. The van der Waals surface area contributed by atoms with Crippen molar-refractivity contribution >= 4 is 5.84 Å². The Bertz CT molecular complexity index is 436. The molecule has 3 N–H and O–H groups in total. The van der Waals surface area contributed by atoms with Crippen LogP contribution in [0.4, 0.5) is 0 Å². The fraction of sp³-hybridized carbons (Fsp3) is 0.286. The molecule has 7 nitrogen and oxygen atoms in total. The van der Waals surface area contributed by atoms with Crippen molar-refractivity contribution in [2.24, 2.45) is 5.11 Å². The quantitative estimate of drug-likeness (QED) is 0.361. The third-order valence-electron chi connectivity index (χ3n) is 1.59. The molecular formula is C7H9N5O2. The van der Waals surface area contributed by atoms with Gasteiger partial charge in [-0.25, -0.2) is 10.5 Å². The molecule has 0 fully saturated rings. The van der Waals surface area contributed by atoms with Gasteiger partial charge in [-0.15, -0.1) is 5.11 Å². The van der Waals surface area contributed by atoms with Crippen LogP contribution in [0.15, 0.2) is 9.91 Å². The van der Waals surface area contributed by atoms with Gasteiger partial charge in [0.1, 0.15) is 0 Å². The summed E-state index contributed by atoms with van der Waals surface area (Å²) in [5.41, 5.74) is 6.47. The largest absolute Gasteiger partial charge is 0.490 e. The predicted molar refractivity (Wildman–Crippen MR) is 48.1 cm³/mol. The highest BCUT2D eigenvalue weighted by Gasteiger charge is 2.10. The molecule has 0 aliphatic heterocycles. The Balaban J connectivity index is 3.34. The first-order valence-corrected chi connectivity index (χ1v) is 3.71. The van der Waals surface area contributed by atoms with E-state index in [1.807, 2.05) is 0 Å². The topological polar surface area (TPSA) is 115 Å². The molecule has 0 bridgehead atoms. The first-order chi connectivity index (χ1) is 6.60. The molecule has 1 aromatic rings. The van der Waals surface area contributed by atoms with Crippen LogP contribution in [0, 0.1) is 17.9 Å². The average molecular weight is 195 g/mol. The van der Waals surface area contributed by atoms with E-state index in [2.05, 4.69) is 15.1 Å². The first kappa shape index (κ1) is 10.0. The van der Waals surface area contributed by atoms with Gasteiger partial charge in [0.25, 0.3) is 5.56 Å². The van der Waals surface area contributed by atoms with Crippen molar-refractivity contribution in [1.29, 1.82) is 10.9 Å². The van der Waals surface area contributed by atoms with Gasteiger partial charge in [-0.1, -0.05) is 0 Å². The zero-order valence-electron chi connectivity index (χ0n) is 7.71. The smallest absolute Gasteiger partial charge is 0.293 e. The number of nitrogens with zero attached hydrogens (tertiary/aromatic N) is 2. The lowest BCUT2D eigenvalue weighted by Crippen LogP contribution is -2.17. The summed E-state index contributed by atoms with van der Waals surface area (Å²) in [6.07, 6.45) is 0. The van der Waals surface area contributed by atoms with E-state index in [0.29, 0.717) is 5.69 Å². The maximum atomic E-state index is 11.3. The van der Waals surface area contributed by atoms with Gasteiger partial charge in [0.15, 0.2) is 5.82 Å². The van der Waals surface area contributed by atoms with E-state index in [4.69, 9.17) is 15.7 Å². The minimum atomic E-state index is -0.483. The minimum absolute atomic E-state index is 0.0386. The summed E-state index contributed by atoms with van der Waals surface area (Å²) >= 11 is 0. The van der Waals surface area contributed by atoms with E-state index in [1.165, 1.54) is 7.11 Å². The number of aromatic nitrogens is 2. The molecule has 74 valence electrons. The summed E-state index contributed by atoms with van der Waals surface area (Å²) < 4.78 is 4.79. The van der Waals surface area contributed by atoms with Crippen molar-refractivity contribution in [2.75, 3.05) is 7.11 Å². The standard InChI is InChI=1S/C7H9N5O2/c1-3-4(14-2)7(13)11-6(10-3)5(8)12-9/h8-9H,1-2H3,(H,10,11,13). The van der Waals surface area contributed by atoms with Gasteiger partial charge >= 0.3 is 0 Å². The molecule has 1 heterocycles. The number of nitrogens with one attached hydrogen (secondary N) is 3. The molecular weight excluding hydrogens is 186 g/mol. The molecule has 14 heavy (non-hydrogen) atoms. The SMILES string of the molecule is COc1c(C)nc(C(=N)N=N)[nH]c1=O. The Morgan fingerprint density at radius 2 is 2.29 bits per heavy atom. The molecule has 0 radical (unpaired) electrons. The highest BCUT2D eigenvalue weighted by Crippen LogP contribution is 2.07. The highest BCUT2D eigenvalue weighted by atomic mass is 16.5. The van der Waals surface area contributed by atoms with Crippen LogP contribution in [0.5, 0.6) is 5.75 Å². The number of hydrogen-bond acceptors (Lipinski definition) is 5. The molecule has 0 aromatic carbocycles. The number of ether oxygens (including phenoxy) is 1. The second-order valence-electron chi connectivity index (χ2n) is 2.49. The van der Waals surface area contributed by atoms with Gasteiger partial charge in [0, 0.05) is 0 Å². The minimum Gasteiger partial charge on any atom is -0.490 e. The molecule has 0 aliphatic rings. The fourth-order valence-electron chi connectivity index (χ4n) is 0.981. The number of rotatable bonds is 2. The third-order valence-corrected chi connectivity index (χ3v) is 1.59. The van der Waals surface area contributed by atoms with Gasteiger partial charge in [0.05, 0.1) is 12.8 Å². The van der Waals surface area contributed by atoms with Crippen molar-refractivity contribution in [3.63, 3.8) is 0 Å². The summed E-state index contributed by atoms with van der Waals surface area (Å²) in [6, 6.07) is 0. The van der Waals surface area contributed by atoms with Crippen LogP contribution < -0.4 is 10.3 Å². The van der Waals surface area contributed by atoms with Gasteiger partial charge in [-0.3, -0.25) is 10.2 Å².